The summed E-state index contributed by atoms with van der Waals surface area (Å²) < 4.78 is 22.9. The van der Waals surface area contributed by atoms with Crippen LogP contribution in [0.25, 0.3) is 0 Å². The van der Waals surface area contributed by atoms with E-state index in [4.69, 9.17) is 18.9 Å². The third-order valence-electron chi connectivity index (χ3n) is 18.4. The molecule has 2 aliphatic heterocycles. The van der Waals surface area contributed by atoms with Crippen LogP contribution in [0, 0.1) is 0 Å². The zero-order valence-corrected chi connectivity index (χ0v) is 58.5. The summed E-state index contributed by atoms with van der Waals surface area (Å²) in [6, 6.07) is -0.915. The van der Waals surface area contributed by atoms with Crippen molar-refractivity contribution >= 4 is 5.91 Å². The molecule has 14 heteroatoms. The number of aliphatic hydroxyl groups is 8. The second kappa shape index (κ2) is 62.0. The average Bonchev–Trinajstić information content (AvgIpc) is 0.856. The highest BCUT2D eigenvalue weighted by molar-refractivity contribution is 5.76. The molecule has 12 unspecified atom stereocenters. The number of amides is 1. The fraction of sp³-hybridized carbons (Fsp3) is 0.833. The molecule has 2 fully saturated rings. The number of allylic oxidation sites excluding steroid dienone is 11. The van der Waals surface area contributed by atoms with Crippen LogP contribution in [-0.2, 0) is 23.7 Å². The predicted octanol–water partition coefficient (Wildman–Crippen LogP) is 16.6. The molecular formula is C78H141NO13. The molecule has 1 amide bonds. The SMILES string of the molecule is CC/C=C\C/C=C\C/C=C\C/C=C\C/C=C\CCCCCCCCCCCCCCCCCCCCCCCCCCCC(=O)NC(COC1OC(CO)C(OC2OC(CO)C(O)C(O)C2O)C(O)C1O)C(O)/C=C/CCCCCCCCCCCCCCCCC. The average molecular weight is 1300 g/mol. The van der Waals surface area contributed by atoms with Gasteiger partial charge < -0.3 is 65.1 Å². The molecule has 0 saturated carbocycles. The van der Waals surface area contributed by atoms with E-state index in [1.807, 2.05) is 6.08 Å². The molecule has 0 spiro atoms. The smallest absolute Gasteiger partial charge is 0.220 e. The van der Waals surface area contributed by atoms with Gasteiger partial charge in [0.05, 0.1) is 32.0 Å². The van der Waals surface area contributed by atoms with Crippen molar-refractivity contribution in [1.82, 2.24) is 5.32 Å². The van der Waals surface area contributed by atoms with Crippen molar-refractivity contribution in [3.63, 3.8) is 0 Å². The number of hydrogen-bond donors (Lipinski definition) is 9. The third-order valence-corrected chi connectivity index (χ3v) is 18.4. The number of rotatable bonds is 63. The van der Waals surface area contributed by atoms with Crippen molar-refractivity contribution in [2.24, 2.45) is 0 Å². The zero-order valence-electron chi connectivity index (χ0n) is 58.5. The van der Waals surface area contributed by atoms with Crippen LogP contribution < -0.4 is 5.32 Å². The van der Waals surface area contributed by atoms with E-state index >= 15 is 0 Å². The van der Waals surface area contributed by atoms with E-state index in [0.29, 0.717) is 6.42 Å². The van der Waals surface area contributed by atoms with Gasteiger partial charge in [-0.2, -0.15) is 0 Å². The van der Waals surface area contributed by atoms with Gasteiger partial charge in [0.2, 0.25) is 5.91 Å². The van der Waals surface area contributed by atoms with Gasteiger partial charge in [-0.25, -0.2) is 0 Å². The van der Waals surface area contributed by atoms with Crippen molar-refractivity contribution in [1.29, 1.82) is 0 Å². The van der Waals surface area contributed by atoms with Gasteiger partial charge in [-0.3, -0.25) is 4.79 Å². The molecule has 14 nitrogen and oxygen atoms in total. The van der Waals surface area contributed by atoms with Crippen molar-refractivity contribution in [3.05, 3.63) is 72.9 Å². The summed E-state index contributed by atoms with van der Waals surface area (Å²) in [5.41, 5.74) is 0. The van der Waals surface area contributed by atoms with Crippen LogP contribution in [0.3, 0.4) is 0 Å². The summed E-state index contributed by atoms with van der Waals surface area (Å²) in [5.74, 6) is -0.234. The number of carbonyl (C=O) groups is 1. The molecule has 0 aliphatic carbocycles. The Labute approximate surface area is 561 Å². The summed E-state index contributed by atoms with van der Waals surface area (Å²) in [7, 11) is 0. The molecule has 536 valence electrons. The normalized spacial score (nSPS) is 23.1. The molecule has 0 aromatic carbocycles. The number of nitrogens with one attached hydrogen (secondary N) is 1. The van der Waals surface area contributed by atoms with Gasteiger partial charge >= 0.3 is 0 Å². The minimum atomic E-state index is -1.79. The van der Waals surface area contributed by atoms with Gasteiger partial charge in [0, 0.05) is 6.42 Å². The van der Waals surface area contributed by atoms with Crippen molar-refractivity contribution < 1.29 is 64.6 Å². The van der Waals surface area contributed by atoms with Crippen molar-refractivity contribution in [2.45, 2.75) is 396 Å². The second-order valence-corrected chi connectivity index (χ2v) is 26.8. The highest BCUT2D eigenvalue weighted by Gasteiger charge is 2.51. The van der Waals surface area contributed by atoms with Crippen LogP contribution in [0.5, 0.6) is 0 Å². The largest absolute Gasteiger partial charge is 0.394 e. The third kappa shape index (κ3) is 45.0. The predicted molar refractivity (Wildman–Crippen MR) is 378 cm³/mol. The Morgan fingerprint density at radius 3 is 1.15 bits per heavy atom. The molecule has 2 aliphatic rings. The van der Waals surface area contributed by atoms with E-state index < -0.39 is 86.8 Å². The standard InChI is InChI=1S/C78H141NO13/c1-3-5-7-9-11-13-15-17-19-21-22-23-24-25-26-27-28-29-30-31-32-33-34-35-36-37-38-39-40-41-42-43-44-46-48-50-52-54-56-58-60-62-70(83)79-66(67(82)61-59-57-55-53-51-49-47-45-20-18-16-14-12-10-8-6-4-2)65-89-77-75(88)73(86)76(69(64-81)91-77)92-78-74(87)72(85)71(84)68(63-80)90-78/h5,7,11,13,17,19,22-23,25-26,59,61,66-69,71-78,80-82,84-88H,3-4,6,8-10,12,14-16,18,20-21,24,27-58,60,62-65H2,1-2H3,(H,79,83)/b7-5-,13-11-,19-17-,23-22-,26-25-,61-59+. The van der Waals surface area contributed by atoms with E-state index in [9.17, 15) is 45.6 Å². The highest BCUT2D eigenvalue weighted by atomic mass is 16.7. The molecule has 0 aromatic heterocycles. The lowest BCUT2D eigenvalue weighted by Gasteiger charge is -2.46. The van der Waals surface area contributed by atoms with E-state index in [1.54, 1.807) is 6.08 Å². The summed E-state index contributed by atoms with van der Waals surface area (Å²) in [6.45, 7) is 2.72. The Balaban J connectivity index is 1.55. The van der Waals surface area contributed by atoms with E-state index in [1.165, 1.54) is 225 Å². The highest BCUT2D eigenvalue weighted by Crippen LogP contribution is 2.30. The first-order valence-corrected chi connectivity index (χ1v) is 38.2. The number of carbonyl (C=O) groups excluding carboxylic acids is 1. The first-order valence-electron chi connectivity index (χ1n) is 38.2. The molecule has 0 radical (unpaired) electrons. The van der Waals surface area contributed by atoms with Crippen LogP contribution in [0.2, 0.25) is 0 Å². The Kier molecular flexibility index (Phi) is 57.6. The Morgan fingerprint density at radius 1 is 0.402 bits per heavy atom. The Morgan fingerprint density at radius 2 is 0.750 bits per heavy atom. The number of ether oxygens (including phenoxy) is 4. The lowest BCUT2D eigenvalue weighted by atomic mass is 9.97. The maximum absolute atomic E-state index is 13.3. The first-order chi connectivity index (χ1) is 45.1. The molecule has 2 heterocycles. The number of unbranched alkanes of at least 4 members (excludes halogenated alkanes) is 40. The fourth-order valence-corrected chi connectivity index (χ4v) is 12.4. The maximum atomic E-state index is 13.3. The van der Waals surface area contributed by atoms with Crippen LogP contribution in [0.15, 0.2) is 72.9 Å². The molecule has 2 saturated heterocycles. The van der Waals surface area contributed by atoms with Crippen LogP contribution in [0.4, 0.5) is 0 Å². The van der Waals surface area contributed by atoms with Gasteiger partial charge in [-0.05, 0) is 64.2 Å². The van der Waals surface area contributed by atoms with Gasteiger partial charge in [0.1, 0.15) is 48.8 Å². The zero-order chi connectivity index (χ0) is 66.6. The number of aliphatic hydroxyl groups excluding tert-OH is 8. The van der Waals surface area contributed by atoms with Crippen molar-refractivity contribution in [2.75, 3.05) is 19.8 Å². The molecular weight excluding hydrogens is 1160 g/mol. The van der Waals surface area contributed by atoms with Gasteiger partial charge in [0.25, 0.3) is 0 Å². The monoisotopic (exact) mass is 1300 g/mol. The molecule has 92 heavy (non-hydrogen) atoms. The summed E-state index contributed by atoms with van der Waals surface area (Å²) in [5, 5.41) is 87.5. The number of hydrogen-bond acceptors (Lipinski definition) is 13. The Bertz CT molecular complexity index is 1820. The van der Waals surface area contributed by atoms with Crippen molar-refractivity contribution in [3.8, 4) is 0 Å². The Hall–Kier alpha value is -2.57. The minimum absolute atomic E-state index is 0.234. The molecule has 0 bridgehead atoms. The summed E-state index contributed by atoms with van der Waals surface area (Å²) >= 11 is 0. The quantitative estimate of drug-likeness (QED) is 0.0204. The van der Waals surface area contributed by atoms with Gasteiger partial charge in [0.15, 0.2) is 12.6 Å². The van der Waals surface area contributed by atoms with Crippen LogP contribution in [0.1, 0.15) is 322 Å². The fourth-order valence-electron chi connectivity index (χ4n) is 12.4. The van der Waals surface area contributed by atoms with E-state index in [2.05, 4.69) is 79.9 Å². The maximum Gasteiger partial charge on any atom is 0.220 e. The molecule has 0 aromatic rings. The summed E-state index contributed by atoms with van der Waals surface area (Å²) in [4.78, 5) is 13.3. The lowest BCUT2D eigenvalue weighted by molar-refractivity contribution is -0.359. The first kappa shape index (κ1) is 85.5. The van der Waals surface area contributed by atoms with E-state index in [-0.39, 0.29) is 18.9 Å². The topological polar surface area (TPSA) is 228 Å². The lowest BCUT2D eigenvalue weighted by Crippen LogP contribution is -2.65. The minimum Gasteiger partial charge on any atom is -0.394 e. The molecule has 12 atom stereocenters. The van der Waals surface area contributed by atoms with Crippen LogP contribution in [-0.4, -0.2) is 140 Å². The second-order valence-electron chi connectivity index (χ2n) is 26.8. The summed E-state index contributed by atoms with van der Waals surface area (Å²) in [6.07, 6.45) is 68.4. The van der Waals surface area contributed by atoms with Gasteiger partial charge in [-0.15, -0.1) is 0 Å². The van der Waals surface area contributed by atoms with Gasteiger partial charge in [-0.1, -0.05) is 324 Å². The molecule has 9 N–H and O–H groups in total. The van der Waals surface area contributed by atoms with Crippen LogP contribution >= 0.6 is 0 Å². The van der Waals surface area contributed by atoms with E-state index in [0.717, 1.165) is 70.6 Å². The molecule has 2 rings (SSSR count).